The Labute approximate surface area is 348 Å². The van der Waals surface area contributed by atoms with Crippen LogP contribution in [0.3, 0.4) is 0 Å². The van der Waals surface area contributed by atoms with E-state index in [1.165, 1.54) is 48.3 Å². The fourth-order valence-electron chi connectivity index (χ4n) is 9.20. The Hall–Kier alpha value is -7.67. The smallest absolute Gasteiger partial charge is 0.180 e. The van der Waals surface area contributed by atoms with E-state index in [2.05, 4.69) is 179 Å². The van der Waals surface area contributed by atoms with E-state index in [1.807, 2.05) is 36.0 Å². The molecule has 8 aromatic carbocycles. The summed E-state index contributed by atoms with van der Waals surface area (Å²) in [5.41, 5.74) is 15.4. The van der Waals surface area contributed by atoms with E-state index < -0.39 is 0 Å². The Bertz CT molecular complexity index is 3670. The second kappa shape index (κ2) is 12.9. The SMILES string of the molecule is c1ccc(-c2ccc(-c3ccc(-c4nc(-c5cccc(-n6c7ccccc7c7c8cccc9c8n(c76)-c6ccccc6S9)c5)nc5c4oc4ccccc45)cc3)cc2)cc1. The highest BCUT2D eigenvalue weighted by Crippen LogP contribution is 2.49. The summed E-state index contributed by atoms with van der Waals surface area (Å²) < 4.78 is 11.4. The van der Waals surface area contributed by atoms with E-state index in [0.29, 0.717) is 11.4 Å². The van der Waals surface area contributed by atoms with Crippen molar-refractivity contribution in [2.75, 3.05) is 0 Å². The topological polar surface area (TPSA) is 48.8 Å². The summed E-state index contributed by atoms with van der Waals surface area (Å²) in [5, 5.41) is 4.71. The van der Waals surface area contributed by atoms with Crippen molar-refractivity contribution >= 4 is 66.7 Å². The minimum Gasteiger partial charge on any atom is -0.452 e. The number of fused-ring (bicyclic) bond motifs is 10. The normalized spacial score (nSPS) is 12.3. The average Bonchev–Trinajstić information content (AvgIpc) is 3.98. The molecule has 0 amide bonds. The molecule has 0 atom stereocenters. The van der Waals surface area contributed by atoms with Gasteiger partial charge in [0.25, 0.3) is 0 Å². The molecule has 0 spiro atoms. The minimum absolute atomic E-state index is 0.643. The average molecular weight is 785 g/mol. The maximum atomic E-state index is 6.54. The van der Waals surface area contributed by atoms with Gasteiger partial charge in [-0.25, -0.2) is 9.97 Å². The minimum atomic E-state index is 0.643. The largest absolute Gasteiger partial charge is 0.452 e. The zero-order valence-corrected chi connectivity index (χ0v) is 32.9. The third-order valence-electron chi connectivity index (χ3n) is 11.9. The number of aromatic nitrogens is 4. The summed E-state index contributed by atoms with van der Waals surface area (Å²) >= 11 is 1.85. The van der Waals surface area contributed by atoms with Crippen molar-refractivity contribution < 1.29 is 4.42 Å². The molecule has 0 fully saturated rings. The molecular formula is C54H32N4OS. The van der Waals surface area contributed by atoms with Crippen LogP contribution in [0.15, 0.2) is 208 Å². The highest BCUT2D eigenvalue weighted by Gasteiger charge is 2.28. The number of furan rings is 1. The lowest BCUT2D eigenvalue weighted by molar-refractivity contribution is 0.667. The fraction of sp³-hybridized carbons (Fsp3) is 0. The summed E-state index contributed by atoms with van der Waals surface area (Å²) in [5.74, 6) is 0.643. The summed E-state index contributed by atoms with van der Waals surface area (Å²) in [6, 6.07) is 68.8. The van der Waals surface area contributed by atoms with Gasteiger partial charge in [0.2, 0.25) is 0 Å². The van der Waals surface area contributed by atoms with E-state index in [9.17, 15) is 0 Å². The molecule has 0 unspecified atom stereocenters. The third-order valence-corrected chi connectivity index (χ3v) is 13.1. The summed E-state index contributed by atoms with van der Waals surface area (Å²) in [7, 11) is 0. The molecule has 60 heavy (non-hydrogen) atoms. The first kappa shape index (κ1) is 33.3. The number of hydrogen-bond acceptors (Lipinski definition) is 4. The number of nitrogens with zero attached hydrogens (tertiary/aromatic N) is 4. The Morgan fingerprint density at radius 3 is 1.88 bits per heavy atom. The summed E-state index contributed by atoms with van der Waals surface area (Å²) in [6.07, 6.45) is 0. The monoisotopic (exact) mass is 784 g/mol. The molecule has 6 heteroatoms. The summed E-state index contributed by atoms with van der Waals surface area (Å²) in [4.78, 5) is 13.1. The van der Waals surface area contributed by atoms with Crippen molar-refractivity contribution in [1.29, 1.82) is 0 Å². The van der Waals surface area contributed by atoms with Crippen molar-refractivity contribution in [1.82, 2.24) is 19.1 Å². The highest BCUT2D eigenvalue weighted by atomic mass is 32.2. The van der Waals surface area contributed by atoms with Crippen LogP contribution in [-0.4, -0.2) is 19.1 Å². The Balaban J connectivity index is 0.980. The number of rotatable bonds is 5. The number of benzene rings is 8. The molecule has 4 aromatic heterocycles. The number of para-hydroxylation sites is 4. The van der Waals surface area contributed by atoms with Crippen LogP contribution >= 0.6 is 11.8 Å². The second-order valence-corrected chi connectivity index (χ2v) is 16.4. The Morgan fingerprint density at radius 2 is 1.07 bits per heavy atom. The molecule has 1 aliphatic rings. The third kappa shape index (κ3) is 4.95. The molecule has 0 saturated heterocycles. The molecule has 0 saturated carbocycles. The maximum Gasteiger partial charge on any atom is 0.180 e. The van der Waals surface area contributed by atoms with Crippen LogP contribution in [0.1, 0.15) is 0 Å². The first-order valence-electron chi connectivity index (χ1n) is 20.2. The van der Waals surface area contributed by atoms with E-state index in [0.717, 1.165) is 61.3 Å². The predicted octanol–water partition coefficient (Wildman–Crippen LogP) is 14.5. The van der Waals surface area contributed by atoms with Crippen molar-refractivity contribution in [2.24, 2.45) is 0 Å². The van der Waals surface area contributed by atoms with E-state index in [1.54, 1.807) is 0 Å². The van der Waals surface area contributed by atoms with Gasteiger partial charge >= 0.3 is 0 Å². The Morgan fingerprint density at radius 1 is 0.450 bits per heavy atom. The van der Waals surface area contributed by atoms with Crippen LogP contribution in [0.5, 0.6) is 0 Å². The van der Waals surface area contributed by atoms with Crippen molar-refractivity contribution in [3.63, 3.8) is 0 Å². The summed E-state index contributed by atoms with van der Waals surface area (Å²) in [6.45, 7) is 0. The molecular weight excluding hydrogens is 753 g/mol. The molecule has 12 aromatic rings. The lowest BCUT2D eigenvalue weighted by Crippen LogP contribution is -2.05. The standard InChI is InChI=1S/C54H32N4OS/c1-2-12-33(13-3-1)34-24-26-35(27-25-34)36-28-30-37(31-29-36)49-52-50(41-17-5-8-21-45(41)59-52)56-53(55-49)38-14-10-15-39(32-38)57-43-19-6-4-16-40(43)48-42-18-11-23-47-51(42)58(54(48)57)44-20-7-9-22-46(44)60-47/h1-32H. The molecule has 280 valence electrons. The van der Waals surface area contributed by atoms with Gasteiger partial charge < -0.3 is 4.42 Å². The molecule has 5 nitrogen and oxygen atoms in total. The molecule has 0 bridgehead atoms. The fourth-order valence-corrected chi connectivity index (χ4v) is 10.3. The van der Waals surface area contributed by atoms with Gasteiger partial charge in [0, 0.05) is 48.2 Å². The second-order valence-electron chi connectivity index (χ2n) is 15.4. The lowest BCUT2D eigenvalue weighted by atomic mass is 9.99. The van der Waals surface area contributed by atoms with Crippen LogP contribution in [0, 0.1) is 0 Å². The van der Waals surface area contributed by atoms with E-state index in [4.69, 9.17) is 14.4 Å². The van der Waals surface area contributed by atoms with Gasteiger partial charge in [-0.3, -0.25) is 9.13 Å². The highest BCUT2D eigenvalue weighted by molar-refractivity contribution is 7.99. The van der Waals surface area contributed by atoms with Gasteiger partial charge in [0.1, 0.15) is 22.4 Å². The van der Waals surface area contributed by atoms with Gasteiger partial charge in [-0.2, -0.15) is 0 Å². The molecule has 0 radical (unpaired) electrons. The van der Waals surface area contributed by atoms with Gasteiger partial charge in [0.05, 0.1) is 16.7 Å². The van der Waals surface area contributed by atoms with Crippen molar-refractivity contribution in [2.45, 2.75) is 9.79 Å². The van der Waals surface area contributed by atoms with E-state index >= 15 is 0 Å². The first-order chi connectivity index (χ1) is 29.7. The maximum absolute atomic E-state index is 6.54. The van der Waals surface area contributed by atoms with Crippen LogP contribution in [0.2, 0.25) is 0 Å². The van der Waals surface area contributed by atoms with Crippen LogP contribution < -0.4 is 0 Å². The van der Waals surface area contributed by atoms with Crippen LogP contribution in [0.25, 0.3) is 111 Å². The van der Waals surface area contributed by atoms with Gasteiger partial charge in [-0.1, -0.05) is 157 Å². The molecule has 0 N–H and O–H groups in total. The first-order valence-corrected chi connectivity index (χ1v) is 21.0. The quantitative estimate of drug-likeness (QED) is 0.174. The molecule has 13 rings (SSSR count). The zero-order chi connectivity index (χ0) is 39.3. The molecule has 1 aliphatic heterocycles. The van der Waals surface area contributed by atoms with Crippen LogP contribution in [-0.2, 0) is 0 Å². The van der Waals surface area contributed by atoms with Gasteiger partial charge in [-0.05, 0) is 70.8 Å². The molecule has 5 heterocycles. The Kier molecular flexibility index (Phi) is 7.17. The van der Waals surface area contributed by atoms with Crippen LogP contribution in [0.4, 0.5) is 0 Å². The molecule has 0 aliphatic carbocycles. The van der Waals surface area contributed by atoms with Gasteiger partial charge in [0.15, 0.2) is 11.4 Å². The lowest BCUT2D eigenvalue weighted by Gasteiger charge is -2.21. The van der Waals surface area contributed by atoms with E-state index in [-0.39, 0.29) is 0 Å². The van der Waals surface area contributed by atoms with Crippen molar-refractivity contribution in [3.8, 4) is 56.3 Å². The van der Waals surface area contributed by atoms with Gasteiger partial charge in [-0.15, -0.1) is 0 Å². The predicted molar refractivity (Wildman–Crippen MR) is 246 cm³/mol. The zero-order valence-electron chi connectivity index (χ0n) is 32.1. The van der Waals surface area contributed by atoms with Crippen molar-refractivity contribution in [3.05, 3.63) is 194 Å². The number of hydrogen-bond donors (Lipinski definition) is 0.